The summed E-state index contributed by atoms with van der Waals surface area (Å²) in [7, 11) is 0. The topological polar surface area (TPSA) is 29.1 Å². The highest BCUT2D eigenvalue weighted by atomic mass is 35.5. The Balaban J connectivity index is 1.74. The van der Waals surface area contributed by atoms with E-state index in [2.05, 4.69) is 36.5 Å². The molecule has 0 unspecified atom stereocenters. The minimum atomic E-state index is -0.0475. The van der Waals surface area contributed by atoms with Crippen molar-refractivity contribution in [3.8, 4) is 0 Å². The van der Waals surface area contributed by atoms with Crippen LogP contribution in [0.2, 0.25) is 10.0 Å². The number of aryl methyl sites for hydroxylation is 1. The van der Waals surface area contributed by atoms with Gasteiger partial charge in [0.1, 0.15) is 0 Å². The molecular formula is C17H17Cl2NOS. The molecule has 0 bridgehead atoms. The molecule has 0 aromatic heterocycles. The SMILES string of the molecule is Cc1ccc(SCCCC(=O)Nc2cc(Cl)ccc2Cl)cc1. The second kappa shape index (κ2) is 8.47. The van der Waals surface area contributed by atoms with Crippen LogP contribution in [-0.2, 0) is 4.79 Å². The van der Waals surface area contributed by atoms with Crippen LogP contribution < -0.4 is 5.32 Å². The van der Waals surface area contributed by atoms with Crippen LogP contribution >= 0.6 is 35.0 Å². The summed E-state index contributed by atoms with van der Waals surface area (Å²) in [6, 6.07) is 13.4. The molecule has 2 aromatic carbocycles. The fraction of sp³-hybridized carbons (Fsp3) is 0.235. The van der Waals surface area contributed by atoms with Gasteiger partial charge in [0, 0.05) is 16.3 Å². The van der Waals surface area contributed by atoms with Crippen LogP contribution in [0.4, 0.5) is 5.69 Å². The van der Waals surface area contributed by atoms with E-state index in [1.165, 1.54) is 10.5 Å². The maximum atomic E-state index is 11.9. The Hall–Kier alpha value is -1.16. The number of halogens is 2. The first-order valence-electron chi connectivity index (χ1n) is 6.99. The van der Waals surface area contributed by atoms with Gasteiger partial charge in [0.15, 0.2) is 0 Å². The van der Waals surface area contributed by atoms with E-state index < -0.39 is 0 Å². The highest BCUT2D eigenvalue weighted by molar-refractivity contribution is 7.99. The summed E-state index contributed by atoms with van der Waals surface area (Å²) in [6.45, 7) is 2.07. The number of rotatable bonds is 6. The van der Waals surface area contributed by atoms with Crippen molar-refractivity contribution in [3.05, 3.63) is 58.1 Å². The molecule has 0 aliphatic rings. The van der Waals surface area contributed by atoms with Gasteiger partial charge in [0.25, 0.3) is 0 Å². The van der Waals surface area contributed by atoms with Crippen molar-refractivity contribution in [2.45, 2.75) is 24.7 Å². The van der Waals surface area contributed by atoms with Crippen molar-refractivity contribution < 1.29 is 4.79 Å². The van der Waals surface area contributed by atoms with E-state index in [-0.39, 0.29) is 5.91 Å². The zero-order valence-electron chi connectivity index (χ0n) is 12.2. The molecule has 2 aromatic rings. The van der Waals surface area contributed by atoms with Crippen LogP contribution in [0.3, 0.4) is 0 Å². The number of carbonyl (C=O) groups excluding carboxylic acids is 1. The fourth-order valence-corrected chi connectivity index (χ4v) is 3.05. The van der Waals surface area contributed by atoms with Gasteiger partial charge in [0.2, 0.25) is 5.91 Å². The molecule has 0 fully saturated rings. The second-order valence-electron chi connectivity index (χ2n) is 4.94. The van der Waals surface area contributed by atoms with E-state index in [1.807, 2.05) is 0 Å². The van der Waals surface area contributed by atoms with Gasteiger partial charge in [0.05, 0.1) is 10.7 Å². The lowest BCUT2D eigenvalue weighted by Gasteiger charge is -2.07. The van der Waals surface area contributed by atoms with E-state index in [9.17, 15) is 4.79 Å². The quantitative estimate of drug-likeness (QED) is 0.524. The van der Waals surface area contributed by atoms with Crippen molar-refractivity contribution >= 4 is 46.6 Å². The highest BCUT2D eigenvalue weighted by Gasteiger charge is 2.06. The van der Waals surface area contributed by atoms with Crippen molar-refractivity contribution in [1.82, 2.24) is 0 Å². The molecule has 2 rings (SSSR count). The molecule has 2 nitrogen and oxygen atoms in total. The molecule has 0 aliphatic carbocycles. The first-order valence-corrected chi connectivity index (χ1v) is 8.73. The lowest BCUT2D eigenvalue weighted by molar-refractivity contribution is -0.116. The number of anilines is 1. The maximum absolute atomic E-state index is 11.9. The minimum absolute atomic E-state index is 0.0475. The summed E-state index contributed by atoms with van der Waals surface area (Å²) in [6.07, 6.45) is 1.27. The van der Waals surface area contributed by atoms with Crippen molar-refractivity contribution in [3.63, 3.8) is 0 Å². The molecule has 0 atom stereocenters. The average molecular weight is 354 g/mol. The van der Waals surface area contributed by atoms with Crippen LogP contribution in [0, 0.1) is 6.92 Å². The summed E-state index contributed by atoms with van der Waals surface area (Å²) < 4.78 is 0. The third-order valence-electron chi connectivity index (χ3n) is 3.04. The zero-order chi connectivity index (χ0) is 15.9. The second-order valence-corrected chi connectivity index (χ2v) is 6.95. The minimum Gasteiger partial charge on any atom is -0.325 e. The normalized spacial score (nSPS) is 10.5. The lowest BCUT2D eigenvalue weighted by atomic mass is 10.2. The number of hydrogen-bond donors (Lipinski definition) is 1. The van der Waals surface area contributed by atoms with Gasteiger partial charge in [-0.25, -0.2) is 0 Å². The van der Waals surface area contributed by atoms with E-state index in [0.29, 0.717) is 22.2 Å². The number of nitrogens with one attached hydrogen (secondary N) is 1. The van der Waals surface area contributed by atoms with Crippen LogP contribution in [0.5, 0.6) is 0 Å². The summed E-state index contributed by atoms with van der Waals surface area (Å²) in [5, 5.41) is 3.84. The van der Waals surface area contributed by atoms with Crippen LogP contribution in [-0.4, -0.2) is 11.7 Å². The van der Waals surface area contributed by atoms with Crippen LogP contribution in [0.1, 0.15) is 18.4 Å². The smallest absolute Gasteiger partial charge is 0.224 e. The van der Waals surface area contributed by atoms with Gasteiger partial charge < -0.3 is 5.32 Å². The molecule has 5 heteroatoms. The van der Waals surface area contributed by atoms with Crippen LogP contribution in [0.15, 0.2) is 47.4 Å². The summed E-state index contributed by atoms with van der Waals surface area (Å²) in [5.74, 6) is 0.855. The molecule has 0 saturated heterocycles. The van der Waals surface area contributed by atoms with E-state index in [0.717, 1.165) is 12.2 Å². The first-order chi connectivity index (χ1) is 10.5. The van der Waals surface area contributed by atoms with E-state index in [4.69, 9.17) is 23.2 Å². The Labute approximate surface area is 145 Å². The number of carbonyl (C=O) groups is 1. The molecule has 1 N–H and O–H groups in total. The molecule has 0 heterocycles. The maximum Gasteiger partial charge on any atom is 0.224 e. The number of hydrogen-bond acceptors (Lipinski definition) is 2. The van der Waals surface area contributed by atoms with E-state index >= 15 is 0 Å². The molecule has 1 amide bonds. The Morgan fingerprint density at radius 2 is 1.86 bits per heavy atom. The molecule has 0 saturated carbocycles. The summed E-state index contributed by atoms with van der Waals surface area (Å²) >= 11 is 13.7. The zero-order valence-corrected chi connectivity index (χ0v) is 14.6. The van der Waals surface area contributed by atoms with Gasteiger partial charge in [-0.15, -0.1) is 11.8 Å². The Bertz CT molecular complexity index is 644. The van der Waals surface area contributed by atoms with Crippen LogP contribution in [0.25, 0.3) is 0 Å². The summed E-state index contributed by atoms with van der Waals surface area (Å²) in [4.78, 5) is 13.1. The predicted octanol–water partition coefficient (Wildman–Crippen LogP) is 5.81. The van der Waals surface area contributed by atoms with Gasteiger partial charge in [-0.1, -0.05) is 40.9 Å². The molecule has 22 heavy (non-hydrogen) atoms. The Morgan fingerprint density at radius 1 is 1.14 bits per heavy atom. The van der Waals surface area contributed by atoms with Gasteiger partial charge >= 0.3 is 0 Å². The molecular weight excluding hydrogens is 337 g/mol. The van der Waals surface area contributed by atoms with Gasteiger partial charge in [-0.2, -0.15) is 0 Å². The summed E-state index contributed by atoms with van der Waals surface area (Å²) in [5.41, 5.74) is 1.81. The monoisotopic (exact) mass is 353 g/mol. The Morgan fingerprint density at radius 3 is 2.59 bits per heavy atom. The third kappa shape index (κ3) is 5.56. The van der Waals surface area contributed by atoms with Crippen molar-refractivity contribution in [2.24, 2.45) is 0 Å². The fourth-order valence-electron chi connectivity index (χ4n) is 1.86. The predicted molar refractivity (Wildman–Crippen MR) is 96.2 cm³/mol. The first kappa shape index (κ1) is 17.2. The van der Waals surface area contributed by atoms with E-state index in [1.54, 1.807) is 30.0 Å². The number of thioether (sulfide) groups is 1. The Kier molecular flexibility index (Phi) is 6.62. The molecule has 0 radical (unpaired) electrons. The van der Waals surface area contributed by atoms with Crippen molar-refractivity contribution in [2.75, 3.05) is 11.1 Å². The number of amides is 1. The van der Waals surface area contributed by atoms with Crippen molar-refractivity contribution in [1.29, 1.82) is 0 Å². The highest BCUT2D eigenvalue weighted by Crippen LogP contribution is 2.26. The van der Waals surface area contributed by atoms with Gasteiger partial charge in [-0.3, -0.25) is 4.79 Å². The molecule has 116 valence electrons. The third-order valence-corrected chi connectivity index (χ3v) is 4.70. The van der Waals surface area contributed by atoms with Gasteiger partial charge in [-0.05, 0) is 49.4 Å². The lowest BCUT2D eigenvalue weighted by Crippen LogP contribution is -2.11. The molecule has 0 spiro atoms. The standard InChI is InChI=1S/C17H17Cl2NOS/c1-12-4-7-14(8-5-12)22-10-2-3-17(21)20-16-11-13(18)6-9-15(16)19/h4-9,11H,2-3,10H2,1H3,(H,20,21). The molecule has 0 aliphatic heterocycles. The largest absolute Gasteiger partial charge is 0.325 e. The number of benzene rings is 2. The average Bonchev–Trinajstić information content (AvgIpc) is 2.49.